The van der Waals surface area contributed by atoms with E-state index in [1.165, 1.54) is 19.3 Å². The van der Waals surface area contributed by atoms with Crippen molar-refractivity contribution in [3.8, 4) is 0 Å². The first-order valence-corrected chi connectivity index (χ1v) is 7.27. The lowest BCUT2D eigenvalue weighted by atomic mass is 9.86. The fourth-order valence-electron chi connectivity index (χ4n) is 3.04. The monoisotopic (exact) mass is 238 g/mol. The van der Waals surface area contributed by atoms with Crippen LogP contribution in [0, 0.1) is 5.92 Å². The Balaban J connectivity index is 1.71. The van der Waals surface area contributed by atoms with Crippen molar-refractivity contribution < 1.29 is 4.79 Å². The molecule has 0 aromatic heterocycles. The van der Waals surface area contributed by atoms with Crippen LogP contribution in [0.1, 0.15) is 39.0 Å². The van der Waals surface area contributed by atoms with Crippen LogP contribution in [-0.4, -0.2) is 54.9 Å². The molecule has 2 fully saturated rings. The number of rotatable bonds is 4. The first-order chi connectivity index (χ1) is 8.29. The molecule has 3 heteroatoms. The number of carbonyl (C=O) groups is 1. The predicted octanol–water partition coefficient (Wildman–Crippen LogP) is 1.77. The van der Waals surface area contributed by atoms with Gasteiger partial charge in [-0.2, -0.15) is 0 Å². The van der Waals surface area contributed by atoms with Crippen molar-refractivity contribution in [2.75, 3.05) is 39.3 Å². The number of nitrogens with zero attached hydrogens (tertiary/aromatic N) is 2. The van der Waals surface area contributed by atoms with E-state index in [1.807, 2.05) is 0 Å². The standard InChI is InChI=1S/C14H26N2O/c1-2-15-8-10-16(11-9-15)12-14(17)13-6-4-3-5-7-13/h13H,2-12H2,1H3. The Kier molecular flexibility index (Phi) is 4.99. The zero-order valence-electron chi connectivity index (χ0n) is 11.2. The van der Waals surface area contributed by atoms with Gasteiger partial charge in [0.15, 0.2) is 0 Å². The van der Waals surface area contributed by atoms with Crippen LogP contribution in [0.5, 0.6) is 0 Å². The maximum Gasteiger partial charge on any atom is 0.149 e. The van der Waals surface area contributed by atoms with Gasteiger partial charge in [0.05, 0.1) is 6.54 Å². The predicted molar refractivity (Wildman–Crippen MR) is 70.1 cm³/mol. The number of ketones is 1. The highest BCUT2D eigenvalue weighted by molar-refractivity contribution is 5.83. The Labute approximate surface area is 105 Å². The van der Waals surface area contributed by atoms with Crippen molar-refractivity contribution in [3.63, 3.8) is 0 Å². The topological polar surface area (TPSA) is 23.6 Å². The van der Waals surface area contributed by atoms with Gasteiger partial charge in [0.25, 0.3) is 0 Å². The summed E-state index contributed by atoms with van der Waals surface area (Å²) in [5.41, 5.74) is 0. The highest BCUT2D eigenvalue weighted by Gasteiger charge is 2.24. The quantitative estimate of drug-likeness (QED) is 0.746. The summed E-state index contributed by atoms with van der Waals surface area (Å²) >= 11 is 0. The Hall–Kier alpha value is -0.410. The number of Topliss-reactive ketones (excluding diaryl/α,β-unsaturated/α-hetero) is 1. The first kappa shape index (κ1) is 13.0. The van der Waals surface area contributed by atoms with Crippen molar-refractivity contribution in [1.82, 2.24) is 9.80 Å². The fraction of sp³-hybridized carbons (Fsp3) is 0.929. The van der Waals surface area contributed by atoms with Gasteiger partial charge >= 0.3 is 0 Å². The van der Waals surface area contributed by atoms with Gasteiger partial charge in [0, 0.05) is 32.1 Å². The van der Waals surface area contributed by atoms with Crippen LogP contribution in [0.2, 0.25) is 0 Å². The van der Waals surface area contributed by atoms with Crippen LogP contribution in [-0.2, 0) is 4.79 Å². The summed E-state index contributed by atoms with van der Waals surface area (Å²) in [6, 6.07) is 0. The molecule has 98 valence electrons. The second kappa shape index (κ2) is 6.50. The van der Waals surface area contributed by atoms with E-state index in [4.69, 9.17) is 0 Å². The molecule has 3 nitrogen and oxygen atoms in total. The molecule has 0 amide bonds. The zero-order chi connectivity index (χ0) is 12.1. The molecule has 1 aliphatic heterocycles. The van der Waals surface area contributed by atoms with Crippen LogP contribution >= 0.6 is 0 Å². The number of hydrogen-bond acceptors (Lipinski definition) is 3. The Bertz CT molecular complexity index is 241. The minimum atomic E-state index is 0.382. The summed E-state index contributed by atoms with van der Waals surface area (Å²) in [6.45, 7) is 8.48. The normalized spacial score (nSPS) is 25.0. The van der Waals surface area contributed by atoms with E-state index in [0.29, 0.717) is 18.2 Å². The minimum absolute atomic E-state index is 0.382. The molecule has 0 unspecified atom stereocenters. The second-order valence-electron chi connectivity index (χ2n) is 5.51. The highest BCUT2D eigenvalue weighted by atomic mass is 16.1. The molecular formula is C14H26N2O. The molecular weight excluding hydrogens is 212 g/mol. The number of hydrogen-bond donors (Lipinski definition) is 0. The smallest absolute Gasteiger partial charge is 0.149 e. The van der Waals surface area contributed by atoms with E-state index < -0.39 is 0 Å². The molecule has 1 aliphatic carbocycles. The molecule has 2 rings (SSSR count). The van der Waals surface area contributed by atoms with Crippen LogP contribution in [0.25, 0.3) is 0 Å². The molecule has 2 aliphatic rings. The van der Waals surface area contributed by atoms with E-state index in [-0.39, 0.29) is 0 Å². The number of carbonyl (C=O) groups excluding carboxylic acids is 1. The van der Waals surface area contributed by atoms with E-state index in [1.54, 1.807) is 0 Å². The van der Waals surface area contributed by atoms with Crippen LogP contribution in [0.4, 0.5) is 0 Å². The van der Waals surface area contributed by atoms with Gasteiger partial charge in [0.2, 0.25) is 0 Å². The van der Waals surface area contributed by atoms with Gasteiger partial charge in [0.1, 0.15) is 5.78 Å². The summed E-state index contributed by atoms with van der Waals surface area (Å²) in [5.74, 6) is 0.891. The molecule has 1 heterocycles. The van der Waals surface area contributed by atoms with E-state index in [0.717, 1.165) is 45.6 Å². The van der Waals surface area contributed by atoms with Crippen LogP contribution < -0.4 is 0 Å². The van der Waals surface area contributed by atoms with Gasteiger partial charge in [-0.15, -0.1) is 0 Å². The average molecular weight is 238 g/mol. The number of likely N-dealkylation sites (N-methyl/N-ethyl adjacent to an activating group) is 1. The Morgan fingerprint density at radius 1 is 1.00 bits per heavy atom. The third kappa shape index (κ3) is 3.78. The molecule has 1 saturated carbocycles. The van der Waals surface area contributed by atoms with Gasteiger partial charge in [-0.1, -0.05) is 26.2 Å². The summed E-state index contributed by atoms with van der Waals surface area (Å²) < 4.78 is 0. The SMILES string of the molecule is CCN1CCN(CC(=O)C2CCCCC2)CC1. The summed E-state index contributed by atoms with van der Waals surface area (Å²) in [6.07, 6.45) is 6.15. The Morgan fingerprint density at radius 2 is 1.59 bits per heavy atom. The second-order valence-corrected chi connectivity index (χ2v) is 5.51. The van der Waals surface area contributed by atoms with E-state index in [2.05, 4.69) is 16.7 Å². The molecule has 0 radical (unpaired) electrons. The van der Waals surface area contributed by atoms with Crippen molar-refractivity contribution in [2.45, 2.75) is 39.0 Å². The van der Waals surface area contributed by atoms with Crippen LogP contribution in [0.3, 0.4) is 0 Å². The molecule has 17 heavy (non-hydrogen) atoms. The molecule has 0 aromatic rings. The van der Waals surface area contributed by atoms with Gasteiger partial charge < -0.3 is 4.90 Å². The third-order valence-electron chi connectivity index (χ3n) is 4.35. The van der Waals surface area contributed by atoms with Gasteiger partial charge in [-0.05, 0) is 19.4 Å². The molecule has 0 atom stereocenters. The fourth-order valence-corrected chi connectivity index (χ4v) is 3.04. The maximum atomic E-state index is 12.2. The largest absolute Gasteiger partial charge is 0.301 e. The molecule has 0 bridgehead atoms. The average Bonchev–Trinajstić information content (AvgIpc) is 2.40. The van der Waals surface area contributed by atoms with Crippen molar-refractivity contribution >= 4 is 5.78 Å². The maximum absolute atomic E-state index is 12.2. The van der Waals surface area contributed by atoms with Crippen LogP contribution in [0.15, 0.2) is 0 Å². The summed E-state index contributed by atoms with van der Waals surface area (Å²) in [7, 11) is 0. The molecule has 0 N–H and O–H groups in total. The lowest BCUT2D eigenvalue weighted by molar-refractivity contribution is -0.125. The van der Waals surface area contributed by atoms with Crippen molar-refractivity contribution in [1.29, 1.82) is 0 Å². The highest BCUT2D eigenvalue weighted by Crippen LogP contribution is 2.24. The molecule has 0 aromatic carbocycles. The van der Waals surface area contributed by atoms with E-state index in [9.17, 15) is 4.79 Å². The first-order valence-electron chi connectivity index (χ1n) is 7.27. The van der Waals surface area contributed by atoms with Crippen molar-refractivity contribution in [3.05, 3.63) is 0 Å². The lowest BCUT2D eigenvalue weighted by Gasteiger charge is -2.34. The summed E-state index contributed by atoms with van der Waals surface area (Å²) in [5, 5.41) is 0. The zero-order valence-corrected chi connectivity index (χ0v) is 11.2. The number of piperazine rings is 1. The van der Waals surface area contributed by atoms with Gasteiger partial charge in [-0.25, -0.2) is 0 Å². The molecule has 1 saturated heterocycles. The third-order valence-corrected chi connectivity index (χ3v) is 4.35. The lowest BCUT2D eigenvalue weighted by Crippen LogP contribution is -2.48. The van der Waals surface area contributed by atoms with Crippen molar-refractivity contribution in [2.24, 2.45) is 5.92 Å². The molecule has 0 spiro atoms. The van der Waals surface area contributed by atoms with Gasteiger partial charge in [-0.3, -0.25) is 9.69 Å². The minimum Gasteiger partial charge on any atom is -0.301 e. The summed E-state index contributed by atoms with van der Waals surface area (Å²) in [4.78, 5) is 17.0. The Morgan fingerprint density at radius 3 is 2.18 bits per heavy atom. The van der Waals surface area contributed by atoms with E-state index >= 15 is 0 Å².